The highest BCUT2D eigenvalue weighted by molar-refractivity contribution is 7.33. The molecule has 0 aliphatic rings. The van der Waals surface area contributed by atoms with Crippen molar-refractivity contribution in [1.82, 2.24) is 0 Å². The van der Waals surface area contributed by atoms with Crippen LogP contribution in [0.3, 0.4) is 0 Å². The Hall–Kier alpha value is -0.240. The Morgan fingerprint density at radius 3 is 1.06 bits per heavy atom. The third kappa shape index (κ3) is 31.7. The third-order valence-electron chi connectivity index (χ3n) is 6.80. The molecule has 0 rings (SSSR count). The summed E-state index contributed by atoms with van der Waals surface area (Å²) in [4.78, 5) is 0. The van der Waals surface area contributed by atoms with E-state index < -0.39 is 8.25 Å². The molecule has 0 N–H and O–H groups in total. The first-order chi connectivity index (χ1) is 17.3. The highest BCUT2D eigenvalue weighted by Gasteiger charge is 2.18. The summed E-state index contributed by atoms with van der Waals surface area (Å²) in [5.41, 5.74) is 0. The molecule has 1 unspecified atom stereocenters. The quantitative estimate of drug-likeness (QED) is 0.0544. The molecule has 0 bridgehead atoms. The number of hydrogen-bond acceptors (Lipinski definition) is 3. The van der Waals surface area contributed by atoms with Gasteiger partial charge < -0.3 is 0 Å². The Labute approximate surface area is 221 Å². The van der Waals surface area contributed by atoms with Crippen LogP contribution in [0.15, 0.2) is 12.2 Å². The van der Waals surface area contributed by atoms with Gasteiger partial charge in [0.05, 0.1) is 0 Å². The van der Waals surface area contributed by atoms with Crippen molar-refractivity contribution < 1.29 is 13.6 Å². The lowest BCUT2D eigenvalue weighted by atomic mass is 10.1. The third-order valence-corrected chi connectivity index (χ3v) is 7.58. The van der Waals surface area contributed by atoms with Crippen molar-refractivity contribution >= 4 is 8.25 Å². The maximum Gasteiger partial charge on any atom is 0.697 e. The second-order valence-electron chi connectivity index (χ2n) is 10.4. The summed E-state index contributed by atoms with van der Waals surface area (Å²) in [6, 6.07) is 0. The zero-order chi connectivity index (χ0) is 25.5. The van der Waals surface area contributed by atoms with Crippen molar-refractivity contribution in [2.24, 2.45) is 0 Å². The molecule has 4 heteroatoms. The molecule has 1 atom stereocenters. The van der Waals surface area contributed by atoms with Crippen molar-refractivity contribution in [3.63, 3.8) is 0 Å². The topological polar surface area (TPSA) is 35.5 Å². The number of allylic oxidation sites excluding steroid dienone is 2. The number of unbranched alkanes of at least 4 members (excludes halogenated alkanes) is 22. The minimum atomic E-state index is -1.92. The van der Waals surface area contributed by atoms with E-state index in [0.717, 1.165) is 19.3 Å². The van der Waals surface area contributed by atoms with Gasteiger partial charge in [0.25, 0.3) is 0 Å². The molecule has 35 heavy (non-hydrogen) atoms. The molecule has 208 valence electrons. The van der Waals surface area contributed by atoms with Crippen LogP contribution >= 0.6 is 8.25 Å². The maximum atomic E-state index is 11.8. The van der Waals surface area contributed by atoms with Crippen LogP contribution in [-0.4, -0.2) is 13.2 Å². The van der Waals surface area contributed by atoms with E-state index in [1.807, 2.05) is 0 Å². The van der Waals surface area contributed by atoms with Crippen LogP contribution in [0, 0.1) is 0 Å². The smallest absolute Gasteiger partial charge is 0.119 e. The zero-order valence-corrected chi connectivity index (χ0v) is 24.8. The SMILES string of the molecule is CCCCCCC/C=C\CCCCCCCCO[P+](=O)OCCCCCCCCCCCCCC. The van der Waals surface area contributed by atoms with E-state index in [2.05, 4.69) is 26.0 Å². The standard InChI is InChI=1S/C31H62O3P/c1-3-5-7-9-11-13-15-17-18-19-21-23-25-27-29-31-34-35(32)33-30-28-26-24-22-20-16-14-12-10-8-6-4-2/h15,17H,3-14,16,18-31H2,1-2H3/q+1/b17-15-. The van der Waals surface area contributed by atoms with Crippen molar-refractivity contribution in [2.75, 3.05) is 13.2 Å². The first-order valence-corrected chi connectivity index (χ1v) is 16.8. The van der Waals surface area contributed by atoms with Crippen LogP contribution in [0.2, 0.25) is 0 Å². The van der Waals surface area contributed by atoms with Crippen LogP contribution in [0.4, 0.5) is 0 Å². The van der Waals surface area contributed by atoms with Crippen molar-refractivity contribution in [3.8, 4) is 0 Å². The normalized spacial score (nSPS) is 12.1. The van der Waals surface area contributed by atoms with E-state index in [1.165, 1.54) is 141 Å². The largest absolute Gasteiger partial charge is 0.697 e. The van der Waals surface area contributed by atoms with Crippen LogP contribution in [0.1, 0.15) is 174 Å². The molecular weight excluding hydrogens is 451 g/mol. The van der Waals surface area contributed by atoms with Gasteiger partial charge in [0.2, 0.25) is 0 Å². The molecule has 0 heterocycles. The van der Waals surface area contributed by atoms with Gasteiger partial charge in [-0.2, -0.15) is 0 Å². The summed E-state index contributed by atoms with van der Waals surface area (Å²) in [6.45, 7) is 5.68. The van der Waals surface area contributed by atoms with Gasteiger partial charge in [-0.05, 0) is 38.5 Å². The Bertz CT molecular complexity index is 439. The van der Waals surface area contributed by atoms with Gasteiger partial charge in [-0.15, -0.1) is 9.05 Å². The van der Waals surface area contributed by atoms with Crippen LogP contribution in [0.5, 0.6) is 0 Å². The summed E-state index contributed by atoms with van der Waals surface area (Å²) < 4.78 is 22.5. The average Bonchev–Trinajstić information content (AvgIpc) is 2.86. The molecule has 0 aliphatic carbocycles. The predicted octanol–water partition coefficient (Wildman–Crippen LogP) is 12.0. The molecule has 0 radical (unpaired) electrons. The van der Waals surface area contributed by atoms with E-state index in [-0.39, 0.29) is 0 Å². The molecule has 0 saturated heterocycles. The molecule has 0 aromatic heterocycles. The fourth-order valence-electron chi connectivity index (χ4n) is 4.43. The summed E-state index contributed by atoms with van der Waals surface area (Å²) in [6.07, 6.45) is 37.3. The lowest BCUT2D eigenvalue weighted by Crippen LogP contribution is -1.92. The monoisotopic (exact) mass is 513 g/mol. The van der Waals surface area contributed by atoms with Gasteiger partial charge in [-0.3, -0.25) is 0 Å². The molecule has 0 saturated carbocycles. The van der Waals surface area contributed by atoms with Crippen molar-refractivity contribution in [3.05, 3.63) is 12.2 Å². The minimum absolute atomic E-state index is 0.564. The van der Waals surface area contributed by atoms with Gasteiger partial charge in [-0.25, -0.2) is 0 Å². The predicted molar refractivity (Wildman–Crippen MR) is 155 cm³/mol. The Balaban J connectivity index is 3.18. The Kier molecular flexibility index (Phi) is 31.6. The lowest BCUT2D eigenvalue weighted by molar-refractivity contribution is 0.218. The van der Waals surface area contributed by atoms with Crippen molar-refractivity contribution in [1.29, 1.82) is 0 Å². The van der Waals surface area contributed by atoms with Gasteiger partial charge >= 0.3 is 8.25 Å². The summed E-state index contributed by atoms with van der Waals surface area (Å²) in [7, 11) is -1.92. The minimum Gasteiger partial charge on any atom is -0.119 e. The lowest BCUT2D eigenvalue weighted by Gasteiger charge is -2.02. The fraction of sp³-hybridized carbons (Fsp3) is 0.935. The van der Waals surface area contributed by atoms with Crippen LogP contribution in [0.25, 0.3) is 0 Å². The second-order valence-corrected chi connectivity index (χ2v) is 11.3. The molecular formula is C31H62O3P+. The van der Waals surface area contributed by atoms with E-state index >= 15 is 0 Å². The van der Waals surface area contributed by atoms with Gasteiger partial charge in [0.15, 0.2) is 0 Å². The molecule has 0 aliphatic heterocycles. The molecule has 0 aromatic rings. The van der Waals surface area contributed by atoms with Gasteiger partial charge in [0.1, 0.15) is 13.2 Å². The Morgan fingerprint density at radius 1 is 0.429 bits per heavy atom. The summed E-state index contributed by atoms with van der Waals surface area (Å²) >= 11 is 0. The first kappa shape index (κ1) is 34.8. The second kappa shape index (κ2) is 31.8. The number of hydrogen-bond donors (Lipinski definition) is 0. The molecule has 0 aromatic carbocycles. The van der Waals surface area contributed by atoms with E-state index in [1.54, 1.807) is 0 Å². The summed E-state index contributed by atoms with van der Waals surface area (Å²) in [5.74, 6) is 0. The van der Waals surface area contributed by atoms with Gasteiger partial charge in [0, 0.05) is 4.57 Å². The average molecular weight is 514 g/mol. The van der Waals surface area contributed by atoms with Crippen molar-refractivity contribution in [2.45, 2.75) is 174 Å². The summed E-state index contributed by atoms with van der Waals surface area (Å²) in [5, 5.41) is 0. The zero-order valence-electron chi connectivity index (χ0n) is 23.9. The number of rotatable bonds is 30. The van der Waals surface area contributed by atoms with E-state index in [9.17, 15) is 4.57 Å². The molecule has 0 fully saturated rings. The van der Waals surface area contributed by atoms with Crippen LogP contribution in [-0.2, 0) is 13.6 Å². The first-order valence-electron chi connectivity index (χ1n) is 15.7. The molecule has 0 amide bonds. The highest BCUT2D eigenvalue weighted by Crippen LogP contribution is 2.25. The maximum absolute atomic E-state index is 11.8. The molecule has 0 spiro atoms. The Morgan fingerprint density at radius 2 is 0.714 bits per heavy atom. The molecule has 3 nitrogen and oxygen atoms in total. The van der Waals surface area contributed by atoms with E-state index in [0.29, 0.717) is 13.2 Å². The van der Waals surface area contributed by atoms with Gasteiger partial charge in [-0.1, -0.05) is 148 Å². The highest BCUT2D eigenvalue weighted by atomic mass is 31.1. The van der Waals surface area contributed by atoms with Crippen LogP contribution < -0.4 is 0 Å². The van der Waals surface area contributed by atoms with E-state index in [4.69, 9.17) is 9.05 Å². The fourth-order valence-corrected chi connectivity index (χ4v) is 5.06.